The average Bonchev–Trinajstić information content (AvgIpc) is 2.28. The molecule has 1 rings (SSSR count). The van der Waals surface area contributed by atoms with E-state index in [2.05, 4.69) is 85.9 Å². The Morgan fingerprint density at radius 3 is 2.37 bits per heavy atom. The van der Waals surface area contributed by atoms with E-state index in [4.69, 9.17) is 0 Å². The van der Waals surface area contributed by atoms with Crippen molar-refractivity contribution in [1.29, 1.82) is 0 Å². The summed E-state index contributed by atoms with van der Waals surface area (Å²) in [5.41, 5.74) is 2.81. The second-order valence-corrected chi connectivity index (χ2v) is 7.17. The van der Waals surface area contributed by atoms with Crippen molar-refractivity contribution in [3.63, 3.8) is 0 Å². The molecule has 0 aliphatic carbocycles. The highest BCUT2D eigenvalue weighted by Crippen LogP contribution is 2.26. The van der Waals surface area contributed by atoms with Crippen LogP contribution in [-0.4, -0.2) is 18.1 Å². The molecule has 0 spiro atoms. The Bertz CT molecular complexity index is 408. The van der Waals surface area contributed by atoms with E-state index in [1.54, 1.807) is 0 Å². The van der Waals surface area contributed by atoms with Gasteiger partial charge in [-0.15, -0.1) is 0 Å². The summed E-state index contributed by atoms with van der Waals surface area (Å²) in [6.45, 7) is 15.2. The van der Waals surface area contributed by atoms with Crippen LogP contribution in [-0.2, 0) is 6.54 Å². The lowest BCUT2D eigenvalue weighted by molar-refractivity contribution is 0.424. The molecule has 0 saturated carbocycles. The molecule has 3 heteroatoms. The Morgan fingerprint density at radius 2 is 1.89 bits per heavy atom. The minimum Gasteiger partial charge on any atom is -0.369 e. The zero-order valence-electron chi connectivity index (χ0n) is 13.0. The molecule has 0 radical (unpaired) electrons. The molecule has 0 fully saturated rings. The lowest BCUT2D eigenvalue weighted by Crippen LogP contribution is -2.36. The molecule has 108 valence electrons. The third-order valence-electron chi connectivity index (χ3n) is 3.12. The molecule has 1 aromatic rings. The van der Waals surface area contributed by atoms with Crippen LogP contribution in [0.25, 0.3) is 0 Å². The first kappa shape index (κ1) is 16.5. The number of hydrogen-bond donors (Lipinski definition) is 1. The van der Waals surface area contributed by atoms with Gasteiger partial charge >= 0.3 is 0 Å². The van der Waals surface area contributed by atoms with Crippen LogP contribution in [0.5, 0.6) is 0 Å². The van der Waals surface area contributed by atoms with Crippen molar-refractivity contribution in [1.82, 2.24) is 5.32 Å². The summed E-state index contributed by atoms with van der Waals surface area (Å²) >= 11 is 3.58. The van der Waals surface area contributed by atoms with Crippen molar-refractivity contribution >= 4 is 21.6 Å². The molecule has 0 bridgehead atoms. The standard InChI is InChI=1S/C16H27BrN2/c1-7-19(12(2)3)15-9-8-14(17)10-13(15)11-18-16(4,5)6/h8-10,12,18H,7,11H2,1-6H3. The van der Waals surface area contributed by atoms with Crippen molar-refractivity contribution in [2.45, 2.75) is 59.7 Å². The maximum atomic E-state index is 3.58. The lowest BCUT2D eigenvalue weighted by Gasteiger charge is -2.31. The van der Waals surface area contributed by atoms with Crippen LogP contribution >= 0.6 is 15.9 Å². The van der Waals surface area contributed by atoms with Crippen LogP contribution in [0.2, 0.25) is 0 Å². The van der Waals surface area contributed by atoms with Gasteiger partial charge in [0.15, 0.2) is 0 Å². The molecule has 1 N–H and O–H groups in total. The number of nitrogens with zero attached hydrogens (tertiary/aromatic N) is 1. The number of nitrogens with one attached hydrogen (secondary N) is 1. The van der Waals surface area contributed by atoms with Crippen LogP contribution in [0.1, 0.15) is 47.1 Å². The quantitative estimate of drug-likeness (QED) is 0.852. The topological polar surface area (TPSA) is 15.3 Å². The molecule has 0 aliphatic rings. The Labute approximate surface area is 126 Å². The molecule has 0 atom stereocenters. The fourth-order valence-corrected chi connectivity index (χ4v) is 2.56. The van der Waals surface area contributed by atoms with Gasteiger partial charge in [0.25, 0.3) is 0 Å². The van der Waals surface area contributed by atoms with Gasteiger partial charge in [0, 0.05) is 34.8 Å². The number of benzene rings is 1. The van der Waals surface area contributed by atoms with Gasteiger partial charge in [-0.3, -0.25) is 0 Å². The van der Waals surface area contributed by atoms with Gasteiger partial charge in [-0.2, -0.15) is 0 Å². The maximum absolute atomic E-state index is 3.58. The third-order valence-corrected chi connectivity index (χ3v) is 3.62. The second kappa shape index (κ2) is 6.76. The first-order chi connectivity index (χ1) is 8.74. The normalized spacial score (nSPS) is 12.0. The molecule has 0 aliphatic heterocycles. The SMILES string of the molecule is CCN(c1ccc(Br)cc1CNC(C)(C)C)C(C)C. The van der Waals surface area contributed by atoms with E-state index in [1.807, 2.05) is 0 Å². The van der Waals surface area contributed by atoms with Crippen LogP contribution in [0.3, 0.4) is 0 Å². The monoisotopic (exact) mass is 326 g/mol. The molecule has 19 heavy (non-hydrogen) atoms. The Kier molecular flexibility index (Phi) is 5.87. The number of halogens is 1. The van der Waals surface area contributed by atoms with Gasteiger partial charge in [-0.1, -0.05) is 15.9 Å². The summed E-state index contributed by atoms with van der Waals surface area (Å²) in [4.78, 5) is 2.44. The molecular formula is C16H27BrN2. The summed E-state index contributed by atoms with van der Waals surface area (Å²) in [7, 11) is 0. The third kappa shape index (κ3) is 5.15. The molecule has 0 heterocycles. The van der Waals surface area contributed by atoms with Crippen LogP contribution in [0, 0.1) is 0 Å². The van der Waals surface area contributed by atoms with Gasteiger partial charge in [0.1, 0.15) is 0 Å². The van der Waals surface area contributed by atoms with Gasteiger partial charge in [0.2, 0.25) is 0 Å². The van der Waals surface area contributed by atoms with Crippen molar-refractivity contribution in [3.8, 4) is 0 Å². The fourth-order valence-electron chi connectivity index (χ4n) is 2.15. The van der Waals surface area contributed by atoms with E-state index in [9.17, 15) is 0 Å². The van der Waals surface area contributed by atoms with Gasteiger partial charge in [-0.25, -0.2) is 0 Å². The molecular weight excluding hydrogens is 300 g/mol. The molecule has 0 saturated heterocycles. The highest BCUT2D eigenvalue weighted by atomic mass is 79.9. The summed E-state index contributed by atoms with van der Waals surface area (Å²) < 4.78 is 1.14. The first-order valence-electron chi connectivity index (χ1n) is 7.04. The highest BCUT2D eigenvalue weighted by Gasteiger charge is 2.15. The maximum Gasteiger partial charge on any atom is 0.0414 e. The van der Waals surface area contributed by atoms with Crippen molar-refractivity contribution in [2.75, 3.05) is 11.4 Å². The predicted octanol–water partition coefficient (Wildman–Crippen LogP) is 4.57. The minimum absolute atomic E-state index is 0.133. The largest absolute Gasteiger partial charge is 0.369 e. The molecule has 1 aromatic carbocycles. The second-order valence-electron chi connectivity index (χ2n) is 6.26. The fraction of sp³-hybridized carbons (Fsp3) is 0.625. The van der Waals surface area contributed by atoms with Crippen LogP contribution in [0.4, 0.5) is 5.69 Å². The lowest BCUT2D eigenvalue weighted by atomic mass is 10.1. The molecule has 0 amide bonds. The van der Waals surface area contributed by atoms with E-state index < -0.39 is 0 Å². The highest BCUT2D eigenvalue weighted by molar-refractivity contribution is 9.10. The van der Waals surface area contributed by atoms with E-state index in [-0.39, 0.29) is 5.54 Å². The average molecular weight is 327 g/mol. The zero-order valence-corrected chi connectivity index (χ0v) is 14.6. The van der Waals surface area contributed by atoms with Gasteiger partial charge < -0.3 is 10.2 Å². The minimum atomic E-state index is 0.133. The smallest absolute Gasteiger partial charge is 0.0414 e. The number of hydrogen-bond acceptors (Lipinski definition) is 2. The van der Waals surface area contributed by atoms with Gasteiger partial charge in [0.05, 0.1) is 0 Å². The predicted molar refractivity (Wildman–Crippen MR) is 88.9 cm³/mol. The Hall–Kier alpha value is -0.540. The molecule has 0 unspecified atom stereocenters. The van der Waals surface area contributed by atoms with Crippen molar-refractivity contribution in [3.05, 3.63) is 28.2 Å². The number of anilines is 1. The zero-order chi connectivity index (χ0) is 14.6. The van der Waals surface area contributed by atoms with Crippen LogP contribution < -0.4 is 10.2 Å². The van der Waals surface area contributed by atoms with E-state index >= 15 is 0 Å². The summed E-state index contributed by atoms with van der Waals surface area (Å²) in [5.74, 6) is 0. The molecule has 0 aromatic heterocycles. The summed E-state index contributed by atoms with van der Waals surface area (Å²) in [5, 5.41) is 3.58. The van der Waals surface area contributed by atoms with E-state index in [0.717, 1.165) is 17.6 Å². The van der Waals surface area contributed by atoms with Gasteiger partial charge in [-0.05, 0) is 65.3 Å². The van der Waals surface area contributed by atoms with E-state index in [0.29, 0.717) is 6.04 Å². The summed E-state index contributed by atoms with van der Waals surface area (Å²) in [6, 6.07) is 7.08. The van der Waals surface area contributed by atoms with Crippen LogP contribution in [0.15, 0.2) is 22.7 Å². The van der Waals surface area contributed by atoms with E-state index in [1.165, 1.54) is 11.3 Å². The first-order valence-corrected chi connectivity index (χ1v) is 7.84. The Balaban J connectivity index is 3.03. The summed E-state index contributed by atoms with van der Waals surface area (Å²) in [6.07, 6.45) is 0. The molecule has 2 nitrogen and oxygen atoms in total. The number of rotatable bonds is 5. The van der Waals surface area contributed by atoms with Crippen molar-refractivity contribution in [2.24, 2.45) is 0 Å². The Morgan fingerprint density at radius 1 is 1.26 bits per heavy atom. The van der Waals surface area contributed by atoms with Crippen molar-refractivity contribution < 1.29 is 0 Å².